The maximum atomic E-state index is 12.4. The molecule has 4 nitrogen and oxygen atoms in total. The molecule has 0 aliphatic heterocycles. The molecule has 0 bridgehead atoms. The van der Waals surface area contributed by atoms with Crippen molar-refractivity contribution in [2.45, 2.75) is 56.7 Å². The van der Waals surface area contributed by atoms with Crippen LogP contribution in [0, 0.1) is 0 Å². The highest BCUT2D eigenvalue weighted by Crippen LogP contribution is 2.37. The zero-order valence-electron chi connectivity index (χ0n) is 10.9. The summed E-state index contributed by atoms with van der Waals surface area (Å²) < 4.78 is 3.06. The molecule has 2 aliphatic carbocycles. The summed E-state index contributed by atoms with van der Waals surface area (Å²) in [6.07, 6.45) is 8.70. The van der Waals surface area contributed by atoms with Gasteiger partial charge in [-0.05, 0) is 47.7 Å². The summed E-state index contributed by atoms with van der Waals surface area (Å²) in [4.78, 5) is 12.4. The Morgan fingerprint density at radius 2 is 2.05 bits per heavy atom. The molecule has 1 heterocycles. The summed E-state index contributed by atoms with van der Waals surface area (Å²) in [6.45, 7) is 0. The van der Waals surface area contributed by atoms with Crippen LogP contribution < -0.4 is 11.1 Å². The lowest BCUT2D eigenvalue weighted by molar-refractivity contribution is 0.0911. The summed E-state index contributed by atoms with van der Waals surface area (Å²) in [7, 11) is 0. The number of hydrogen-bond donors (Lipinski definition) is 2. The molecule has 3 N–H and O–H groups in total. The normalized spacial score (nSPS) is 27.3. The van der Waals surface area contributed by atoms with Gasteiger partial charge in [0.25, 0.3) is 5.91 Å². The predicted molar refractivity (Wildman–Crippen MR) is 78.1 cm³/mol. The Labute approximate surface area is 121 Å². The average molecular weight is 326 g/mol. The molecule has 2 atom stereocenters. The Morgan fingerprint density at radius 3 is 2.74 bits per heavy atom. The molecular formula is C14H20BrN3O. The molecule has 2 saturated carbocycles. The number of rotatable bonds is 3. The number of nitrogens with one attached hydrogen (secondary N) is 1. The Hall–Kier alpha value is -0.810. The van der Waals surface area contributed by atoms with Crippen molar-refractivity contribution in [3.05, 3.63) is 22.4 Å². The van der Waals surface area contributed by atoms with Gasteiger partial charge in [0.05, 0.1) is 0 Å². The number of aromatic nitrogens is 1. The maximum Gasteiger partial charge on any atom is 0.268 e. The zero-order chi connectivity index (χ0) is 13.4. The molecule has 0 radical (unpaired) electrons. The summed E-state index contributed by atoms with van der Waals surface area (Å²) >= 11 is 3.46. The first kappa shape index (κ1) is 13.2. The van der Waals surface area contributed by atoms with E-state index in [4.69, 9.17) is 5.73 Å². The molecule has 0 saturated heterocycles. The van der Waals surface area contributed by atoms with Crippen molar-refractivity contribution in [1.29, 1.82) is 0 Å². The van der Waals surface area contributed by atoms with E-state index >= 15 is 0 Å². The van der Waals surface area contributed by atoms with Crippen LogP contribution in [0.2, 0.25) is 0 Å². The van der Waals surface area contributed by atoms with Crippen molar-refractivity contribution < 1.29 is 4.79 Å². The van der Waals surface area contributed by atoms with Crippen LogP contribution in [0.1, 0.15) is 55.1 Å². The maximum absolute atomic E-state index is 12.4. The van der Waals surface area contributed by atoms with E-state index in [1.165, 1.54) is 19.3 Å². The van der Waals surface area contributed by atoms with E-state index in [2.05, 4.69) is 25.8 Å². The van der Waals surface area contributed by atoms with E-state index in [0.29, 0.717) is 6.04 Å². The third-order valence-corrected chi connectivity index (χ3v) is 4.56. The van der Waals surface area contributed by atoms with Crippen LogP contribution in [0.5, 0.6) is 0 Å². The van der Waals surface area contributed by atoms with Crippen molar-refractivity contribution in [2.24, 2.45) is 5.73 Å². The van der Waals surface area contributed by atoms with Gasteiger partial charge in [-0.25, -0.2) is 0 Å². The third-order valence-electron chi connectivity index (χ3n) is 4.12. The number of nitrogens with zero attached hydrogens (tertiary/aromatic N) is 1. The summed E-state index contributed by atoms with van der Waals surface area (Å²) in [5.74, 6) is 0.0138. The highest BCUT2D eigenvalue weighted by atomic mass is 79.9. The minimum Gasteiger partial charge on any atom is -0.346 e. The van der Waals surface area contributed by atoms with Crippen molar-refractivity contribution in [3.8, 4) is 0 Å². The van der Waals surface area contributed by atoms with Crippen LogP contribution in [0.15, 0.2) is 16.7 Å². The monoisotopic (exact) mass is 325 g/mol. The smallest absolute Gasteiger partial charge is 0.268 e. The number of halogens is 1. The molecule has 3 rings (SSSR count). The molecule has 19 heavy (non-hydrogen) atoms. The van der Waals surface area contributed by atoms with Crippen LogP contribution in [0.25, 0.3) is 0 Å². The topological polar surface area (TPSA) is 60.0 Å². The number of carbonyl (C=O) groups excluding carboxylic acids is 1. The van der Waals surface area contributed by atoms with Gasteiger partial charge < -0.3 is 15.6 Å². The molecule has 104 valence electrons. The summed E-state index contributed by atoms with van der Waals surface area (Å²) in [5.41, 5.74) is 6.85. The number of amides is 1. The van der Waals surface area contributed by atoms with Crippen molar-refractivity contribution >= 4 is 21.8 Å². The largest absolute Gasteiger partial charge is 0.346 e. The lowest BCUT2D eigenvalue weighted by Crippen LogP contribution is -2.49. The van der Waals surface area contributed by atoms with Gasteiger partial charge >= 0.3 is 0 Å². The Morgan fingerprint density at radius 1 is 1.32 bits per heavy atom. The van der Waals surface area contributed by atoms with E-state index < -0.39 is 0 Å². The van der Waals surface area contributed by atoms with Gasteiger partial charge in [0.1, 0.15) is 5.69 Å². The summed E-state index contributed by atoms with van der Waals surface area (Å²) in [6, 6.07) is 2.64. The molecule has 0 spiro atoms. The molecule has 0 aromatic carbocycles. The van der Waals surface area contributed by atoms with Crippen LogP contribution in [-0.2, 0) is 0 Å². The lowest BCUT2D eigenvalue weighted by atomic mass is 9.91. The lowest BCUT2D eigenvalue weighted by Gasteiger charge is -2.29. The highest BCUT2D eigenvalue weighted by Gasteiger charge is 2.29. The average Bonchev–Trinajstić information content (AvgIpc) is 3.15. The highest BCUT2D eigenvalue weighted by molar-refractivity contribution is 9.10. The quantitative estimate of drug-likeness (QED) is 0.897. The predicted octanol–water partition coefficient (Wildman–Crippen LogP) is 2.59. The Bertz CT molecular complexity index is 481. The second-order valence-corrected chi connectivity index (χ2v) is 6.63. The third kappa shape index (κ3) is 2.87. The molecular weight excluding hydrogens is 306 g/mol. The van der Waals surface area contributed by atoms with Crippen molar-refractivity contribution in [2.75, 3.05) is 0 Å². The van der Waals surface area contributed by atoms with Gasteiger partial charge in [0.2, 0.25) is 0 Å². The summed E-state index contributed by atoms with van der Waals surface area (Å²) in [5, 5.41) is 3.12. The molecule has 2 fully saturated rings. The molecule has 1 aromatic heterocycles. The number of nitrogens with two attached hydrogens (primary N) is 1. The number of hydrogen-bond acceptors (Lipinski definition) is 2. The van der Waals surface area contributed by atoms with Crippen LogP contribution in [0.4, 0.5) is 0 Å². The van der Waals surface area contributed by atoms with E-state index in [1.54, 1.807) is 0 Å². The molecule has 5 heteroatoms. The van der Waals surface area contributed by atoms with Gasteiger partial charge in [-0.3, -0.25) is 4.79 Å². The Kier molecular flexibility index (Phi) is 3.67. The molecule has 1 amide bonds. The first-order chi connectivity index (χ1) is 9.15. The fraction of sp³-hybridized carbons (Fsp3) is 0.643. The van der Waals surface area contributed by atoms with E-state index in [-0.39, 0.29) is 18.0 Å². The van der Waals surface area contributed by atoms with Crippen LogP contribution in [-0.4, -0.2) is 22.6 Å². The Balaban J connectivity index is 1.72. The SMILES string of the molecule is NC1CCCCC1NC(=O)c1cc(Br)cn1C1CC1. The van der Waals surface area contributed by atoms with Gasteiger partial charge in [0.15, 0.2) is 0 Å². The molecule has 1 aromatic rings. The van der Waals surface area contributed by atoms with Gasteiger partial charge in [-0.1, -0.05) is 12.8 Å². The molecule has 2 aliphatic rings. The van der Waals surface area contributed by atoms with E-state index in [1.807, 2.05) is 12.3 Å². The first-order valence-electron chi connectivity index (χ1n) is 7.09. The minimum absolute atomic E-state index is 0.0138. The standard InChI is InChI=1S/C14H20BrN3O/c15-9-7-13(18(8-9)10-5-6-10)14(19)17-12-4-2-1-3-11(12)16/h7-8,10-12H,1-6,16H2,(H,17,19). The molecule has 2 unspecified atom stereocenters. The zero-order valence-corrected chi connectivity index (χ0v) is 12.5. The van der Waals surface area contributed by atoms with Crippen molar-refractivity contribution in [1.82, 2.24) is 9.88 Å². The van der Waals surface area contributed by atoms with Gasteiger partial charge in [-0.2, -0.15) is 0 Å². The first-order valence-corrected chi connectivity index (χ1v) is 7.88. The second kappa shape index (κ2) is 5.29. The van der Waals surface area contributed by atoms with Crippen LogP contribution >= 0.6 is 15.9 Å². The fourth-order valence-electron chi connectivity index (χ4n) is 2.86. The van der Waals surface area contributed by atoms with E-state index in [9.17, 15) is 4.79 Å². The van der Waals surface area contributed by atoms with Crippen LogP contribution in [0.3, 0.4) is 0 Å². The minimum atomic E-state index is 0.0138. The van der Waals surface area contributed by atoms with Crippen molar-refractivity contribution in [3.63, 3.8) is 0 Å². The second-order valence-electron chi connectivity index (χ2n) is 5.71. The van der Waals surface area contributed by atoms with Gasteiger partial charge in [0, 0.05) is 28.8 Å². The van der Waals surface area contributed by atoms with Gasteiger partial charge in [-0.15, -0.1) is 0 Å². The van der Waals surface area contributed by atoms with E-state index in [0.717, 1.165) is 29.4 Å². The fourth-order valence-corrected chi connectivity index (χ4v) is 3.30. The number of carbonyl (C=O) groups is 1.